The molecule has 0 fully saturated rings. The van der Waals surface area contributed by atoms with Gasteiger partial charge in [-0.25, -0.2) is 13.8 Å². The summed E-state index contributed by atoms with van der Waals surface area (Å²) >= 11 is 0. The van der Waals surface area contributed by atoms with Gasteiger partial charge >= 0.3 is 5.97 Å². The molecule has 0 spiro atoms. The quantitative estimate of drug-likeness (QED) is 0.575. The minimum atomic E-state index is -2.74. The Labute approximate surface area is 83.9 Å². The zero-order chi connectivity index (χ0) is 11.4. The molecule has 15 heavy (non-hydrogen) atoms. The lowest BCUT2D eigenvalue weighted by molar-refractivity contribution is -0.139. The highest BCUT2D eigenvalue weighted by Gasteiger charge is 2.14. The average molecular weight is 219 g/mol. The zero-order valence-electron chi connectivity index (χ0n) is 7.84. The number of hydrogen-bond donors (Lipinski definition) is 0. The standard InChI is InChI=1S/C9H8F3NO2/c1-15-7(14)3-5-2-6(8(10)11)4-13-9(5)12/h2,4,8H,3H2,1H3. The highest BCUT2D eigenvalue weighted by molar-refractivity contribution is 5.72. The van der Waals surface area contributed by atoms with Crippen molar-refractivity contribution in [3.05, 3.63) is 29.3 Å². The Morgan fingerprint density at radius 3 is 2.80 bits per heavy atom. The molecule has 82 valence electrons. The van der Waals surface area contributed by atoms with E-state index in [4.69, 9.17) is 0 Å². The second kappa shape index (κ2) is 4.77. The molecule has 0 atom stereocenters. The van der Waals surface area contributed by atoms with Crippen LogP contribution >= 0.6 is 0 Å². The van der Waals surface area contributed by atoms with Crippen molar-refractivity contribution in [1.29, 1.82) is 0 Å². The number of alkyl halides is 2. The predicted molar refractivity (Wildman–Crippen MR) is 44.9 cm³/mol. The minimum absolute atomic E-state index is 0.195. The maximum absolute atomic E-state index is 13.0. The molecule has 1 aromatic heterocycles. The number of hydrogen-bond acceptors (Lipinski definition) is 3. The predicted octanol–water partition coefficient (Wildman–Crippen LogP) is 1.87. The molecule has 0 saturated carbocycles. The van der Waals surface area contributed by atoms with Crippen LogP contribution in [0.5, 0.6) is 0 Å². The fraction of sp³-hybridized carbons (Fsp3) is 0.333. The van der Waals surface area contributed by atoms with E-state index in [0.29, 0.717) is 0 Å². The van der Waals surface area contributed by atoms with E-state index in [0.717, 1.165) is 19.4 Å². The van der Waals surface area contributed by atoms with E-state index in [1.165, 1.54) is 0 Å². The van der Waals surface area contributed by atoms with Gasteiger partial charge in [0.15, 0.2) is 0 Å². The minimum Gasteiger partial charge on any atom is -0.469 e. The van der Waals surface area contributed by atoms with Gasteiger partial charge in [0.25, 0.3) is 6.43 Å². The Kier molecular flexibility index (Phi) is 3.65. The third-order valence-corrected chi connectivity index (χ3v) is 1.75. The van der Waals surface area contributed by atoms with Crippen LogP contribution in [0.2, 0.25) is 0 Å². The zero-order valence-corrected chi connectivity index (χ0v) is 7.84. The van der Waals surface area contributed by atoms with Crippen LogP contribution in [0.15, 0.2) is 12.3 Å². The molecular formula is C9H8F3NO2. The van der Waals surface area contributed by atoms with Crippen molar-refractivity contribution in [3.8, 4) is 0 Å². The van der Waals surface area contributed by atoms with Crippen molar-refractivity contribution < 1.29 is 22.7 Å². The van der Waals surface area contributed by atoms with E-state index in [9.17, 15) is 18.0 Å². The van der Waals surface area contributed by atoms with Crippen molar-refractivity contribution in [2.75, 3.05) is 7.11 Å². The van der Waals surface area contributed by atoms with E-state index in [1.54, 1.807) is 0 Å². The molecule has 1 heterocycles. The Bertz CT molecular complexity index is 368. The van der Waals surface area contributed by atoms with Gasteiger partial charge in [-0.15, -0.1) is 0 Å². The normalized spacial score (nSPS) is 10.5. The molecule has 0 radical (unpaired) electrons. The third kappa shape index (κ3) is 2.93. The Morgan fingerprint density at radius 2 is 2.27 bits per heavy atom. The van der Waals surface area contributed by atoms with E-state index >= 15 is 0 Å². The van der Waals surface area contributed by atoms with Crippen molar-refractivity contribution in [3.63, 3.8) is 0 Å². The molecule has 0 bridgehead atoms. The number of nitrogens with zero attached hydrogens (tertiary/aromatic N) is 1. The van der Waals surface area contributed by atoms with Crippen molar-refractivity contribution in [2.24, 2.45) is 0 Å². The van der Waals surface area contributed by atoms with Gasteiger partial charge < -0.3 is 4.74 Å². The topological polar surface area (TPSA) is 39.2 Å². The third-order valence-electron chi connectivity index (χ3n) is 1.75. The summed E-state index contributed by atoms with van der Waals surface area (Å²) in [6.45, 7) is 0. The van der Waals surface area contributed by atoms with Crippen LogP contribution in [0, 0.1) is 5.95 Å². The van der Waals surface area contributed by atoms with Gasteiger partial charge in [0.2, 0.25) is 5.95 Å². The molecule has 0 aromatic carbocycles. The summed E-state index contributed by atoms with van der Waals surface area (Å²) < 4.78 is 41.7. The van der Waals surface area contributed by atoms with Gasteiger partial charge in [-0.05, 0) is 6.07 Å². The monoisotopic (exact) mass is 219 g/mol. The van der Waals surface area contributed by atoms with E-state index < -0.39 is 30.3 Å². The first-order chi connectivity index (χ1) is 7.04. The van der Waals surface area contributed by atoms with E-state index in [1.807, 2.05) is 0 Å². The second-order valence-electron chi connectivity index (χ2n) is 2.77. The van der Waals surface area contributed by atoms with Crippen LogP contribution in [-0.2, 0) is 16.0 Å². The van der Waals surface area contributed by atoms with Crippen LogP contribution in [-0.4, -0.2) is 18.1 Å². The highest BCUT2D eigenvalue weighted by atomic mass is 19.3. The largest absolute Gasteiger partial charge is 0.469 e. The molecule has 0 aliphatic carbocycles. The first-order valence-corrected chi connectivity index (χ1v) is 4.04. The van der Waals surface area contributed by atoms with Crippen LogP contribution < -0.4 is 0 Å². The number of methoxy groups -OCH3 is 1. The number of rotatable bonds is 3. The van der Waals surface area contributed by atoms with Gasteiger partial charge in [-0.2, -0.15) is 4.39 Å². The first kappa shape index (κ1) is 11.5. The Balaban J connectivity index is 2.95. The summed E-state index contributed by atoms with van der Waals surface area (Å²) in [5.41, 5.74) is -0.616. The van der Waals surface area contributed by atoms with Crippen LogP contribution in [0.1, 0.15) is 17.6 Å². The summed E-state index contributed by atoms with van der Waals surface area (Å²) in [5, 5.41) is 0. The summed E-state index contributed by atoms with van der Waals surface area (Å²) in [6, 6.07) is 0.907. The van der Waals surface area contributed by atoms with Gasteiger partial charge in [0.1, 0.15) is 0 Å². The Hall–Kier alpha value is -1.59. The summed E-state index contributed by atoms with van der Waals surface area (Å²) in [4.78, 5) is 13.9. The number of aromatic nitrogens is 1. The highest BCUT2D eigenvalue weighted by Crippen LogP contribution is 2.20. The summed E-state index contributed by atoms with van der Waals surface area (Å²) in [6.07, 6.45) is -2.41. The SMILES string of the molecule is COC(=O)Cc1cc(C(F)F)cnc1F. The number of halogens is 3. The maximum Gasteiger partial charge on any atom is 0.310 e. The Morgan fingerprint density at radius 1 is 1.60 bits per heavy atom. The number of carbonyl (C=O) groups excluding carboxylic acids is 1. The van der Waals surface area contributed by atoms with Crippen LogP contribution in [0.4, 0.5) is 13.2 Å². The number of carbonyl (C=O) groups is 1. The van der Waals surface area contributed by atoms with Gasteiger partial charge in [0.05, 0.1) is 13.5 Å². The molecule has 1 aromatic rings. The molecule has 6 heteroatoms. The molecule has 3 nitrogen and oxygen atoms in total. The van der Waals surface area contributed by atoms with Crippen LogP contribution in [0.3, 0.4) is 0 Å². The van der Waals surface area contributed by atoms with Crippen molar-refractivity contribution in [1.82, 2.24) is 4.98 Å². The molecule has 0 aliphatic rings. The lowest BCUT2D eigenvalue weighted by atomic mass is 10.1. The molecule has 1 rings (SSSR count). The lowest BCUT2D eigenvalue weighted by Crippen LogP contribution is -2.08. The molecule has 0 saturated heterocycles. The summed E-state index contributed by atoms with van der Waals surface area (Å²) in [7, 11) is 1.13. The van der Waals surface area contributed by atoms with Crippen molar-refractivity contribution in [2.45, 2.75) is 12.8 Å². The van der Waals surface area contributed by atoms with E-state index in [2.05, 4.69) is 9.72 Å². The second-order valence-corrected chi connectivity index (χ2v) is 2.77. The fourth-order valence-corrected chi connectivity index (χ4v) is 0.983. The molecule has 0 unspecified atom stereocenters. The number of esters is 1. The first-order valence-electron chi connectivity index (χ1n) is 4.04. The van der Waals surface area contributed by atoms with Crippen LogP contribution in [0.25, 0.3) is 0 Å². The molecule has 0 N–H and O–H groups in total. The van der Waals surface area contributed by atoms with Gasteiger partial charge in [0, 0.05) is 17.3 Å². The fourth-order valence-electron chi connectivity index (χ4n) is 0.983. The average Bonchev–Trinajstić information content (AvgIpc) is 2.20. The molecule has 0 amide bonds. The van der Waals surface area contributed by atoms with Crippen molar-refractivity contribution >= 4 is 5.97 Å². The van der Waals surface area contributed by atoms with E-state index in [-0.39, 0.29) is 5.56 Å². The molecular weight excluding hydrogens is 211 g/mol. The smallest absolute Gasteiger partial charge is 0.310 e. The number of ether oxygens (including phenoxy) is 1. The lowest BCUT2D eigenvalue weighted by Gasteiger charge is -2.04. The van der Waals surface area contributed by atoms with Gasteiger partial charge in [-0.1, -0.05) is 0 Å². The summed E-state index contributed by atoms with van der Waals surface area (Å²) in [5.74, 6) is -1.65. The number of pyridine rings is 1. The molecule has 0 aliphatic heterocycles. The van der Waals surface area contributed by atoms with Gasteiger partial charge in [-0.3, -0.25) is 4.79 Å². The maximum atomic E-state index is 13.0.